The molecule has 1 aliphatic carbocycles. The molecule has 0 unspecified atom stereocenters. The number of aromatic nitrogens is 6. The molecule has 0 atom stereocenters. The Labute approximate surface area is 173 Å². The number of carbonyl (C=O) groups is 1. The van der Waals surface area contributed by atoms with E-state index in [0.717, 1.165) is 52.0 Å². The highest BCUT2D eigenvalue weighted by Gasteiger charge is 2.28. The lowest BCUT2D eigenvalue weighted by atomic mass is 10.1. The SMILES string of the molecule is CSc1nc(C)c(CCC(=O)Nc2ccc(-c3nnnn3C3CC3)cc2)c(C)n1. The van der Waals surface area contributed by atoms with Gasteiger partial charge >= 0.3 is 0 Å². The van der Waals surface area contributed by atoms with Gasteiger partial charge in [-0.25, -0.2) is 14.6 Å². The van der Waals surface area contributed by atoms with Gasteiger partial charge in [0.2, 0.25) is 5.91 Å². The molecule has 1 N–H and O–H groups in total. The fourth-order valence-corrected chi connectivity index (χ4v) is 3.73. The van der Waals surface area contributed by atoms with Gasteiger partial charge in [0.15, 0.2) is 11.0 Å². The van der Waals surface area contributed by atoms with Crippen molar-refractivity contribution in [3.05, 3.63) is 41.2 Å². The molecule has 1 amide bonds. The fourth-order valence-electron chi connectivity index (χ4n) is 3.28. The van der Waals surface area contributed by atoms with Crippen LogP contribution in [0, 0.1) is 13.8 Å². The first-order valence-corrected chi connectivity index (χ1v) is 10.8. The number of nitrogens with zero attached hydrogens (tertiary/aromatic N) is 6. The van der Waals surface area contributed by atoms with E-state index in [1.165, 1.54) is 11.8 Å². The average molecular weight is 410 g/mol. The summed E-state index contributed by atoms with van der Waals surface area (Å²) in [5, 5.41) is 15.7. The van der Waals surface area contributed by atoms with Crippen molar-refractivity contribution in [2.75, 3.05) is 11.6 Å². The largest absolute Gasteiger partial charge is 0.326 e. The Morgan fingerprint density at radius 3 is 2.48 bits per heavy atom. The highest BCUT2D eigenvalue weighted by Crippen LogP contribution is 2.36. The predicted molar refractivity (Wildman–Crippen MR) is 112 cm³/mol. The topological polar surface area (TPSA) is 98.5 Å². The van der Waals surface area contributed by atoms with Crippen molar-refractivity contribution in [3.8, 4) is 11.4 Å². The monoisotopic (exact) mass is 409 g/mol. The summed E-state index contributed by atoms with van der Waals surface area (Å²) in [4.78, 5) is 21.4. The number of amides is 1. The molecule has 1 fully saturated rings. The van der Waals surface area contributed by atoms with Crippen LogP contribution in [0.4, 0.5) is 5.69 Å². The molecule has 29 heavy (non-hydrogen) atoms. The van der Waals surface area contributed by atoms with Crippen molar-refractivity contribution in [1.29, 1.82) is 0 Å². The number of hydrogen-bond donors (Lipinski definition) is 1. The molecule has 1 aliphatic rings. The third kappa shape index (κ3) is 4.45. The summed E-state index contributed by atoms with van der Waals surface area (Å²) in [5.74, 6) is 0.735. The van der Waals surface area contributed by atoms with E-state index in [1.807, 2.05) is 49.1 Å². The van der Waals surface area contributed by atoms with E-state index in [1.54, 1.807) is 0 Å². The maximum atomic E-state index is 12.4. The maximum absolute atomic E-state index is 12.4. The van der Waals surface area contributed by atoms with Crippen molar-refractivity contribution >= 4 is 23.4 Å². The molecular weight excluding hydrogens is 386 g/mol. The Bertz CT molecular complexity index is 1000. The Morgan fingerprint density at radius 1 is 1.17 bits per heavy atom. The molecular formula is C20H23N7OS. The second-order valence-corrected chi connectivity index (χ2v) is 7.94. The molecule has 1 aromatic carbocycles. The summed E-state index contributed by atoms with van der Waals surface area (Å²) in [5.41, 5.74) is 4.61. The van der Waals surface area contributed by atoms with E-state index in [9.17, 15) is 4.79 Å². The van der Waals surface area contributed by atoms with Crippen LogP contribution in [0.15, 0.2) is 29.4 Å². The van der Waals surface area contributed by atoms with Gasteiger partial charge in [-0.3, -0.25) is 4.79 Å². The Morgan fingerprint density at radius 2 is 1.86 bits per heavy atom. The molecule has 0 radical (unpaired) electrons. The molecule has 150 valence electrons. The van der Waals surface area contributed by atoms with Gasteiger partial charge in [-0.2, -0.15) is 0 Å². The smallest absolute Gasteiger partial charge is 0.224 e. The number of hydrogen-bond acceptors (Lipinski definition) is 7. The number of tetrazole rings is 1. The summed E-state index contributed by atoms with van der Waals surface area (Å²) in [7, 11) is 0. The van der Waals surface area contributed by atoms with Crippen LogP contribution in [0.25, 0.3) is 11.4 Å². The van der Waals surface area contributed by atoms with Crippen molar-refractivity contribution in [2.24, 2.45) is 0 Å². The van der Waals surface area contributed by atoms with Gasteiger partial charge in [-0.05, 0) is 79.6 Å². The Hall–Kier alpha value is -2.81. The molecule has 8 nitrogen and oxygen atoms in total. The van der Waals surface area contributed by atoms with Crippen LogP contribution in [0.1, 0.15) is 42.3 Å². The molecule has 0 saturated heterocycles. The molecule has 0 bridgehead atoms. The molecule has 2 aromatic heterocycles. The second kappa shape index (κ2) is 8.28. The van der Waals surface area contributed by atoms with Gasteiger partial charge in [0, 0.05) is 29.1 Å². The first-order chi connectivity index (χ1) is 14.0. The average Bonchev–Trinajstić information content (AvgIpc) is 3.44. The highest BCUT2D eigenvalue weighted by atomic mass is 32.2. The molecule has 1 saturated carbocycles. The molecule has 9 heteroatoms. The minimum absolute atomic E-state index is 0.0340. The number of thioether (sulfide) groups is 1. The van der Waals surface area contributed by atoms with Crippen LogP contribution < -0.4 is 5.32 Å². The van der Waals surface area contributed by atoms with Gasteiger partial charge in [-0.15, -0.1) is 5.10 Å². The quantitative estimate of drug-likeness (QED) is 0.472. The number of carbonyl (C=O) groups excluding carboxylic acids is 1. The van der Waals surface area contributed by atoms with Gasteiger partial charge in [0.1, 0.15) is 0 Å². The minimum Gasteiger partial charge on any atom is -0.326 e. The van der Waals surface area contributed by atoms with Crippen molar-refractivity contribution < 1.29 is 4.79 Å². The van der Waals surface area contributed by atoms with Gasteiger partial charge in [0.25, 0.3) is 0 Å². The third-order valence-corrected chi connectivity index (χ3v) is 5.54. The van der Waals surface area contributed by atoms with Crippen LogP contribution in [-0.2, 0) is 11.2 Å². The zero-order chi connectivity index (χ0) is 20.4. The van der Waals surface area contributed by atoms with Gasteiger partial charge in [0.05, 0.1) is 6.04 Å². The first-order valence-electron chi connectivity index (χ1n) is 9.61. The number of benzene rings is 1. The van der Waals surface area contributed by atoms with Crippen LogP contribution in [-0.4, -0.2) is 42.3 Å². The van der Waals surface area contributed by atoms with E-state index in [0.29, 0.717) is 18.9 Å². The van der Waals surface area contributed by atoms with Crippen molar-refractivity contribution in [1.82, 2.24) is 30.2 Å². The van der Waals surface area contributed by atoms with E-state index in [2.05, 4.69) is 30.8 Å². The lowest BCUT2D eigenvalue weighted by Crippen LogP contribution is -2.13. The lowest BCUT2D eigenvalue weighted by Gasteiger charge is -2.10. The molecule has 0 aliphatic heterocycles. The number of anilines is 1. The molecule has 0 spiro atoms. The zero-order valence-electron chi connectivity index (χ0n) is 16.7. The van der Waals surface area contributed by atoms with E-state index in [-0.39, 0.29) is 5.91 Å². The normalized spacial score (nSPS) is 13.5. The second-order valence-electron chi connectivity index (χ2n) is 7.16. The van der Waals surface area contributed by atoms with Crippen LogP contribution in [0.3, 0.4) is 0 Å². The summed E-state index contributed by atoms with van der Waals surface area (Å²) in [6.45, 7) is 3.94. The number of aryl methyl sites for hydroxylation is 2. The third-order valence-electron chi connectivity index (χ3n) is 5.00. The molecule has 2 heterocycles. The van der Waals surface area contributed by atoms with Crippen LogP contribution in [0.2, 0.25) is 0 Å². The van der Waals surface area contributed by atoms with E-state index in [4.69, 9.17) is 0 Å². The predicted octanol–water partition coefficient (Wildman–Crippen LogP) is 3.38. The number of nitrogens with one attached hydrogen (secondary N) is 1. The van der Waals surface area contributed by atoms with Gasteiger partial charge in [-0.1, -0.05) is 11.8 Å². The maximum Gasteiger partial charge on any atom is 0.224 e. The van der Waals surface area contributed by atoms with E-state index < -0.39 is 0 Å². The highest BCUT2D eigenvalue weighted by molar-refractivity contribution is 7.98. The summed E-state index contributed by atoms with van der Waals surface area (Å²) >= 11 is 1.52. The summed E-state index contributed by atoms with van der Waals surface area (Å²) < 4.78 is 1.88. The summed E-state index contributed by atoms with van der Waals surface area (Å²) in [6.07, 6.45) is 5.20. The van der Waals surface area contributed by atoms with Crippen molar-refractivity contribution in [2.45, 2.75) is 50.7 Å². The van der Waals surface area contributed by atoms with Crippen LogP contribution >= 0.6 is 11.8 Å². The number of rotatable bonds is 7. The minimum atomic E-state index is -0.0340. The molecule has 3 aromatic rings. The summed E-state index contributed by atoms with van der Waals surface area (Å²) in [6, 6.07) is 8.05. The van der Waals surface area contributed by atoms with Crippen LogP contribution in [0.5, 0.6) is 0 Å². The lowest BCUT2D eigenvalue weighted by molar-refractivity contribution is -0.116. The Kier molecular flexibility index (Phi) is 5.57. The zero-order valence-corrected chi connectivity index (χ0v) is 17.5. The van der Waals surface area contributed by atoms with Crippen molar-refractivity contribution in [3.63, 3.8) is 0 Å². The first kappa shape index (κ1) is 19.5. The molecule has 4 rings (SSSR count). The van der Waals surface area contributed by atoms with Gasteiger partial charge < -0.3 is 5.32 Å². The standard InChI is InChI=1S/C20H23N7OS/c1-12-17(13(2)22-20(21-12)29-3)10-11-18(28)23-15-6-4-14(5-7-15)19-24-25-26-27(19)16-8-9-16/h4-7,16H,8-11H2,1-3H3,(H,23,28). The fraction of sp³-hybridized carbons (Fsp3) is 0.400. The van der Waals surface area contributed by atoms with E-state index >= 15 is 0 Å². The Balaban J connectivity index is 1.37.